The van der Waals surface area contributed by atoms with E-state index < -0.39 is 0 Å². The standard InChI is InChI=1S/C18H25ClN2O/c19-17-8-4-6-15(12-17)13-20-9-5-7-16(14-20)18(22)21-10-2-1-3-11-21/h4,6,8,12,16H,1-3,5,7,9-11,13-14H2/p+1/t16-/m1/s1. The molecule has 120 valence electrons. The summed E-state index contributed by atoms with van der Waals surface area (Å²) in [5.74, 6) is 0.629. The summed E-state index contributed by atoms with van der Waals surface area (Å²) in [5, 5.41) is 0.801. The minimum atomic E-state index is 0.223. The van der Waals surface area contributed by atoms with E-state index in [0.717, 1.165) is 50.6 Å². The third-order valence-electron chi connectivity index (χ3n) is 4.98. The van der Waals surface area contributed by atoms with Gasteiger partial charge in [0.25, 0.3) is 0 Å². The van der Waals surface area contributed by atoms with Gasteiger partial charge in [-0.15, -0.1) is 0 Å². The van der Waals surface area contributed by atoms with E-state index in [4.69, 9.17) is 11.6 Å². The van der Waals surface area contributed by atoms with Gasteiger partial charge in [-0.05, 0) is 44.2 Å². The fourth-order valence-corrected chi connectivity index (χ4v) is 4.04. The molecule has 0 aliphatic carbocycles. The Morgan fingerprint density at radius 2 is 2.05 bits per heavy atom. The molecular weight excluding hydrogens is 296 g/mol. The van der Waals surface area contributed by atoms with Gasteiger partial charge >= 0.3 is 0 Å². The average molecular weight is 322 g/mol. The summed E-state index contributed by atoms with van der Waals surface area (Å²) in [6, 6.07) is 8.11. The molecule has 0 radical (unpaired) electrons. The molecule has 3 rings (SSSR count). The van der Waals surface area contributed by atoms with Crippen molar-refractivity contribution in [2.45, 2.75) is 38.6 Å². The Kier molecular flexibility index (Phi) is 5.37. The van der Waals surface area contributed by atoms with Crippen LogP contribution in [-0.4, -0.2) is 37.0 Å². The van der Waals surface area contributed by atoms with Crippen LogP contribution in [-0.2, 0) is 11.3 Å². The maximum absolute atomic E-state index is 12.7. The number of nitrogens with one attached hydrogen (secondary N) is 1. The van der Waals surface area contributed by atoms with Crippen molar-refractivity contribution in [1.82, 2.24) is 4.90 Å². The molecule has 2 aliphatic rings. The van der Waals surface area contributed by atoms with Gasteiger partial charge in [-0.1, -0.05) is 23.7 Å². The first kappa shape index (κ1) is 15.8. The van der Waals surface area contributed by atoms with Crippen molar-refractivity contribution >= 4 is 17.5 Å². The van der Waals surface area contributed by atoms with Gasteiger partial charge in [0.05, 0.1) is 19.0 Å². The lowest BCUT2D eigenvalue weighted by Gasteiger charge is -2.34. The molecule has 0 saturated carbocycles. The highest BCUT2D eigenvalue weighted by Gasteiger charge is 2.32. The van der Waals surface area contributed by atoms with Crippen LogP contribution in [0.15, 0.2) is 24.3 Å². The lowest BCUT2D eigenvalue weighted by molar-refractivity contribution is -0.921. The molecule has 0 bridgehead atoms. The van der Waals surface area contributed by atoms with Gasteiger partial charge in [0.2, 0.25) is 5.91 Å². The summed E-state index contributed by atoms with van der Waals surface area (Å²) in [7, 11) is 0. The molecule has 1 aromatic rings. The third-order valence-corrected chi connectivity index (χ3v) is 5.21. The summed E-state index contributed by atoms with van der Waals surface area (Å²) in [6.45, 7) is 5.06. The number of amides is 1. The Labute approximate surface area is 138 Å². The van der Waals surface area contributed by atoms with Gasteiger partial charge in [-0.25, -0.2) is 0 Å². The molecule has 2 saturated heterocycles. The average Bonchev–Trinajstić information content (AvgIpc) is 2.55. The second kappa shape index (κ2) is 7.47. The molecule has 3 nitrogen and oxygen atoms in total. The molecule has 0 spiro atoms. The van der Waals surface area contributed by atoms with E-state index >= 15 is 0 Å². The molecule has 22 heavy (non-hydrogen) atoms. The minimum absolute atomic E-state index is 0.223. The smallest absolute Gasteiger partial charge is 0.231 e. The van der Waals surface area contributed by atoms with Crippen molar-refractivity contribution in [3.8, 4) is 0 Å². The first-order valence-corrected chi connectivity index (χ1v) is 8.97. The zero-order valence-corrected chi connectivity index (χ0v) is 13.9. The largest absolute Gasteiger partial charge is 0.342 e. The van der Waals surface area contributed by atoms with Crippen molar-refractivity contribution in [2.75, 3.05) is 26.2 Å². The summed E-state index contributed by atoms with van der Waals surface area (Å²) in [4.78, 5) is 16.3. The number of rotatable bonds is 3. The monoisotopic (exact) mass is 321 g/mol. The molecule has 2 atom stereocenters. The van der Waals surface area contributed by atoms with E-state index in [-0.39, 0.29) is 5.92 Å². The Morgan fingerprint density at radius 1 is 1.23 bits per heavy atom. The van der Waals surface area contributed by atoms with E-state index in [1.165, 1.54) is 29.7 Å². The SMILES string of the molecule is O=C([C@@H]1CCC[NH+](Cc2cccc(Cl)c2)C1)N1CCCCC1. The first-order chi connectivity index (χ1) is 10.7. The first-order valence-electron chi connectivity index (χ1n) is 8.59. The number of hydrogen-bond acceptors (Lipinski definition) is 1. The molecule has 2 heterocycles. The van der Waals surface area contributed by atoms with Crippen LogP contribution >= 0.6 is 11.6 Å². The van der Waals surface area contributed by atoms with Crippen molar-refractivity contribution < 1.29 is 9.69 Å². The molecule has 4 heteroatoms. The second-order valence-corrected chi connectivity index (χ2v) is 7.17. The zero-order chi connectivity index (χ0) is 15.4. The number of carbonyl (C=O) groups is 1. The van der Waals surface area contributed by atoms with Gasteiger partial charge < -0.3 is 9.80 Å². The van der Waals surface area contributed by atoms with Crippen LogP contribution in [0.1, 0.15) is 37.7 Å². The van der Waals surface area contributed by atoms with E-state index in [9.17, 15) is 4.79 Å². The topological polar surface area (TPSA) is 24.8 Å². The predicted octanol–water partition coefficient (Wildman–Crippen LogP) is 2.15. The summed E-state index contributed by atoms with van der Waals surface area (Å²) >= 11 is 6.07. The van der Waals surface area contributed by atoms with E-state index in [0.29, 0.717) is 5.91 Å². The fourth-order valence-electron chi connectivity index (χ4n) is 3.83. The molecule has 2 fully saturated rings. The number of halogens is 1. The van der Waals surface area contributed by atoms with E-state index in [2.05, 4.69) is 11.0 Å². The molecule has 2 aliphatic heterocycles. The molecule has 1 amide bonds. The number of benzene rings is 1. The van der Waals surface area contributed by atoms with Crippen molar-refractivity contribution in [2.24, 2.45) is 5.92 Å². The fraction of sp³-hybridized carbons (Fsp3) is 0.611. The summed E-state index contributed by atoms with van der Waals surface area (Å²) < 4.78 is 0. The lowest BCUT2D eigenvalue weighted by atomic mass is 9.95. The van der Waals surface area contributed by atoms with Crippen molar-refractivity contribution in [3.05, 3.63) is 34.9 Å². The van der Waals surface area contributed by atoms with Crippen LogP contribution in [0.5, 0.6) is 0 Å². The van der Waals surface area contributed by atoms with Gasteiger partial charge in [-0.3, -0.25) is 4.79 Å². The Morgan fingerprint density at radius 3 is 2.82 bits per heavy atom. The lowest BCUT2D eigenvalue weighted by Crippen LogP contribution is -3.12. The Balaban J connectivity index is 1.57. The number of quaternary nitrogens is 1. The minimum Gasteiger partial charge on any atom is -0.342 e. The van der Waals surface area contributed by atoms with Crippen molar-refractivity contribution in [3.63, 3.8) is 0 Å². The third kappa shape index (κ3) is 4.02. The van der Waals surface area contributed by atoms with Crippen LogP contribution in [0, 0.1) is 5.92 Å². The quantitative estimate of drug-likeness (QED) is 0.906. The number of likely N-dealkylation sites (tertiary alicyclic amines) is 2. The molecular formula is C18H26ClN2O+. The van der Waals surface area contributed by atoms with Gasteiger partial charge in [0.1, 0.15) is 6.54 Å². The predicted molar refractivity (Wildman–Crippen MR) is 89.0 cm³/mol. The summed E-state index contributed by atoms with van der Waals surface area (Å²) in [6.07, 6.45) is 5.85. The normalized spacial score (nSPS) is 26.0. The van der Waals surface area contributed by atoms with Crippen molar-refractivity contribution in [1.29, 1.82) is 0 Å². The highest BCUT2D eigenvalue weighted by molar-refractivity contribution is 6.30. The van der Waals surface area contributed by atoms with Gasteiger partial charge in [-0.2, -0.15) is 0 Å². The zero-order valence-electron chi connectivity index (χ0n) is 13.2. The number of carbonyl (C=O) groups excluding carboxylic acids is 1. The highest BCUT2D eigenvalue weighted by atomic mass is 35.5. The Hall–Kier alpha value is -1.06. The second-order valence-electron chi connectivity index (χ2n) is 6.74. The number of nitrogens with zero attached hydrogens (tertiary/aromatic N) is 1. The summed E-state index contributed by atoms with van der Waals surface area (Å²) in [5.41, 5.74) is 1.27. The molecule has 1 unspecified atom stereocenters. The molecule has 0 aromatic heterocycles. The number of hydrogen-bond donors (Lipinski definition) is 1. The van der Waals surface area contributed by atoms with E-state index in [1.807, 2.05) is 18.2 Å². The van der Waals surface area contributed by atoms with Crippen LogP contribution in [0.25, 0.3) is 0 Å². The maximum Gasteiger partial charge on any atom is 0.231 e. The van der Waals surface area contributed by atoms with Gasteiger partial charge in [0, 0.05) is 23.7 Å². The van der Waals surface area contributed by atoms with E-state index in [1.54, 1.807) is 0 Å². The molecule has 1 aromatic carbocycles. The van der Waals surface area contributed by atoms with Crippen LogP contribution < -0.4 is 4.90 Å². The number of piperidine rings is 2. The molecule has 1 N–H and O–H groups in total. The van der Waals surface area contributed by atoms with Crippen LogP contribution in [0.4, 0.5) is 0 Å². The van der Waals surface area contributed by atoms with Gasteiger partial charge in [0.15, 0.2) is 0 Å². The van der Waals surface area contributed by atoms with Crippen LogP contribution in [0.3, 0.4) is 0 Å². The Bertz CT molecular complexity index is 514. The van der Waals surface area contributed by atoms with Crippen LogP contribution in [0.2, 0.25) is 5.02 Å². The highest BCUT2D eigenvalue weighted by Crippen LogP contribution is 2.17. The maximum atomic E-state index is 12.7.